The third-order valence-electron chi connectivity index (χ3n) is 4.19. The Bertz CT molecular complexity index is 724. The number of carbonyl (C=O) groups excluding carboxylic acids is 3. The molecule has 0 radical (unpaired) electrons. The lowest BCUT2D eigenvalue weighted by Gasteiger charge is -2.28. The molecule has 0 aromatic heterocycles. The van der Waals surface area contributed by atoms with Crippen LogP contribution < -0.4 is 15.4 Å². The van der Waals surface area contributed by atoms with Crippen molar-refractivity contribution in [3.63, 3.8) is 0 Å². The third kappa shape index (κ3) is 6.29. The Morgan fingerprint density at radius 3 is 2.26 bits per heavy atom. The summed E-state index contributed by atoms with van der Waals surface area (Å²) in [5.74, 6) is -1.32. The Morgan fingerprint density at radius 2 is 1.78 bits per heavy atom. The van der Waals surface area contributed by atoms with Crippen molar-refractivity contribution in [1.29, 1.82) is 5.26 Å². The maximum Gasteiger partial charge on any atom is 0.326 e. The number of nitriles is 1. The molecule has 0 bridgehead atoms. The molecule has 0 saturated heterocycles. The molecule has 2 atom stereocenters. The molecule has 2 amide bonds. The summed E-state index contributed by atoms with van der Waals surface area (Å²) in [6.45, 7) is 6.21. The number of ether oxygens (including phenoxy) is 2. The van der Waals surface area contributed by atoms with Gasteiger partial charge in [-0.05, 0) is 44.0 Å². The molecule has 146 valence electrons. The molecule has 0 heterocycles. The van der Waals surface area contributed by atoms with Gasteiger partial charge >= 0.3 is 5.97 Å². The smallest absolute Gasteiger partial charge is 0.326 e. The van der Waals surface area contributed by atoms with E-state index in [0.717, 1.165) is 0 Å². The fourth-order valence-corrected chi connectivity index (χ4v) is 1.95. The molecule has 0 unspecified atom stereocenters. The molecule has 8 heteroatoms. The van der Waals surface area contributed by atoms with Crippen LogP contribution in [0.3, 0.4) is 0 Å². The van der Waals surface area contributed by atoms with Gasteiger partial charge in [-0.1, -0.05) is 13.8 Å². The van der Waals surface area contributed by atoms with Crippen LogP contribution in [0.4, 0.5) is 0 Å². The second kappa shape index (κ2) is 9.57. The zero-order chi connectivity index (χ0) is 20.6. The standard InChI is InChI=1S/C19H25N3O5/c1-12(2)19(4,11-20)22-17(24)13(3)27-16(23)10-21-18(25)14-6-8-15(26-5)9-7-14/h6-9,12-13H,10H2,1-5H3,(H,21,25)(H,22,24)/t13-,19+/m1/s1. The van der Waals surface area contributed by atoms with Crippen molar-refractivity contribution < 1.29 is 23.9 Å². The number of amides is 2. The molecule has 0 spiro atoms. The number of rotatable bonds is 8. The van der Waals surface area contributed by atoms with Gasteiger partial charge in [0.15, 0.2) is 6.10 Å². The largest absolute Gasteiger partial charge is 0.497 e. The van der Waals surface area contributed by atoms with E-state index >= 15 is 0 Å². The average molecular weight is 375 g/mol. The van der Waals surface area contributed by atoms with Crippen molar-refractivity contribution in [3.8, 4) is 11.8 Å². The highest BCUT2D eigenvalue weighted by Crippen LogP contribution is 2.15. The van der Waals surface area contributed by atoms with E-state index in [2.05, 4.69) is 10.6 Å². The molecule has 8 nitrogen and oxygen atoms in total. The first-order valence-electron chi connectivity index (χ1n) is 8.48. The van der Waals surface area contributed by atoms with Crippen LogP contribution in [0.25, 0.3) is 0 Å². The van der Waals surface area contributed by atoms with Crippen LogP contribution in [0.5, 0.6) is 5.75 Å². The second-order valence-electron chi connectivity index (χ2n) is 6.50. The molecule has 0 aliphatic carbocycles. The fraction of sp³-hybridized carbons (Fsp3) is 0.474. The Hall–Kier alpha value is -3.08. The normalized spacial score (nSPS) is 13.7. The van der Waals surface area contributed by atoms with Gasteiger partial charge in [-0.25, -0.2) is 0 Å². The van der Waals surface area contributed by atoms with Gasteiger partial charge in [-0.3, -0.25) is 14.4 Å². The maximum absolute atomic E-state index is 12.1. The average Bonchev–Trinajstić information content (AvgIpc) is 2.65. The molecule has 1 aromatic rings. The van der Waals surface area contributed by atoms with Gasteiger partial charge in [0.2, 0.25) is 0 Å². The summed E-state index contributed by atoms with van der Waals surface area (Å²) < 4.78 is 10.0. The lowest BCUT2D eigenvalue weighted by atomic mass is 9.90. The first kappa shape index (κ1) is 22.0. The number of nitrogens with zero attached hydrogens (tertiary/aromatic N) is 1. The highest BCUT2D eigenvalue weighted by Gasteiger charge is 2.32. The van der Waals surface area contributed by atoms with Crippen LogP contribution >= 0.6 is 0 Å². The highest BCUT2D eigenvalue weighted by atomic mass is 16.5. The molecule has 0 aliphatic heterocycles. The predicted molar refractivity (Wildman–Crippen MR) is 97.9 cm³/mol. The highest BCUT2D eigenvalue weighted by molar-refractivity contribution is 5.96. The molecule has 0 aliphatic rings. The number of hydrogen-bond acceptors (Lipinski definition) is 6. The monoisotopic (exact) mass is 375 g/mol. The van der Waals surface area contributed by atoms with Crippen molar-refractivity contribution in [2.24, 2.45) is 5.92 Å². The second-order valence-corrected chi connectivity index (χ2v) is 6.50. The molecule has 27 heavy (non-hydrogen) atoms. The van der Waals surface area contributed by atoms with Gasteiger partial charge in [0.25, 0.3) is 11.8 Å². The van der Waals surface area contributed by atoms with Crippen molar-refractivity contribution in [3.05, 3.63) is 29.8 Å². The third-order valence-corrected chi connectivity index (χ3v) is 4.19. The molecule has 1 rings (SSSR count). The number of nitrogens with one attached hydrogen (secondary N) is 2. The first-order valence-corrected chi connectivity index (χ1v) is 8.48. The summed E-state index contributed by atoms with van der Waals surface area (Å²) in [5.41, 5.74) is -0.712. The van der Waals surface area contributed by atoms with Crippen molar-refractivity contribution >= 4 is 17.8 Å². The zero-order valence-corrected chi connectivity index (χ0v) is 16.2. The number of carbonyl (C=O) groups is 3. The van der Waals surface area contributed by atoms with E-state index in [1.54, 1.807) is 45.0 Å². The van der Waals surface area contributed by atoms with Gasteiger partial charge in [-0.15, -0.1) is 0 Å². The molecule has 1 aromatic carbocycles. The van der Waals surface area contributed by atoms with Gasteiger partial charge in [0.05, 0.1) is 13.2 Å². The van der Waals surface area contributed by atoms with Crippen LogP contribution in [0.15, 0.2) is 24.3 Å². The topological polar surface area (TPSA) is 118 Å². The lowest BCUT2D eigenvalue weighted by molar-refractivity contribution is -0.154. The van der Waals surface area contributed by atoms with E-state index in [-0.39, 0.29) is 12.5 Å². The Labute approximate surface area is 158 Å². The number of esters is 1. The Kier molecular flexibility index (Phi) is 7.79. The predicted octanol–water partition coefficient (Wildman–Crippen LogP) is 1.41. The molecular formula is C19H25N3O5. The van der Waals surface area contributed by atoms with Gasteiger partial charge < -0.3 is 20.1 Å². The molecular weight excluding hydrogens is 350 g/mol. The van der Waals surface area contributed by atoms with E-state index < -0.39 is 29.4 Å². The number of methoxy groups -OCH3 is 1. The van der Waals surface area contributed by atoms with E-state index in [1.807, 2.05) is 6.07 Å². The lowest BCUT2D eigenvalue weighted by Crippen LogP contribution is -2.52. The first-order chi connectivity index (χ1) is 12.6. The van der Waals surface area contributed by atoms with Gasteiger partial charge in [0, 0.05) is 5.56 Å². The fourth-order valence-electron chi connectivity index (χ4n) is 1.95. The summed E-state index contributed by atoms with van der Waals surface area (Å²) in [4.78, 5) is 36.0. The van der Waals surface area contributed by atoms with Gasteiger partial charge in [-0.2, -0.15) is 5.26 Å². The number of benzene rings is 1. The Balaban J connectivity index is 2.52. The molecule has 2 N–H and O–H groups in total. The summed E-state index contributed by atoms with van der Waals surface area (Å²) in [5, 5.41) is 14.2. The minimum Gasteiger partial charge on any atom is -0.497 e. The zero-order valence-electron chi connectivity index (χ0n) is 16.2. The van der Waals surface area contributed by atoms with Gasteiger partial charge in [0.1, 0.15) is 17.8 Å². The van der Waals surface area contributed by atoms with E-state index in [9.17, 15) is 19.6 Å². The van der Waals surface area contributed by atoms with Crippen LogP contribution in [0, 0.1) is 17.2 Å². The van der Waals surface area contributed by atoms with E-state index in [0.29, 0.717) is 11.3 Å². The summed E-state index contributed by atoms with van der Waals surface area (Å²) in [6.07, 6.45) is -1.10. The summed E-state index contributed by atoms with van der Waals surface area (Å²) in [6, 6.07) is 8.42. The van der Waals surface area contributed by atoms with Crippen molar-refractivity contribution in [2.45, 2.75) is 39.3 Å². The van der Waals surface area contributed by atoms with Crippen molar-refractivity contribution in [2.75, 3.05) is 13.7 Å². The Morgan fingerprint density at radius 1 is 1.19 bits per heavy atom. The maximum atomic E-state index is 12.1. The molecule has 0 saturated carbocycles. The minimum absolute atomic E-state index is 0.127. The summed E-state index contributed by atoms with van der Waals surface area (Å²) >= 11 is 0. The van der Waals surface area contributed by atoms with Crippen LogP contribution in [-0.2, 0) is 14.3 Å². The summed E-state index contributed by atoms with van der Waals surface area (Å²) in [7, 11) is 1.52. The SMILES string of the molecule is COc1ccc(C(=O)NCC(=O)O[C@H](C)C(=O)N[C@@](C)(C#N)C(C)C)cc1. The quantitative estimate of drug-likeness (QED) is 0.664. The van der Waals surface area contributed by atoms with E-state index in [4.69, 9.17) is 9.47 Å². The van der Waals surface area contributed by atoms with Crippen LogP contribution in [0.2, 0.25) is 0 Å². The van der Waals surface area contributed by atoms with Crippen LogP contribution in [0.1, 0.15) is 38.1 Å². The number of hydrogen-bond donors (Lipinski definition) is 2. The minimum atomic E-state index is -1.10. The van der Waals surface area contributed by atoms with Crippen LogP contribution in [-0.4, -0.2) is 43.1 Å². The van der Waals surface area contributed by atoms with Crippen molar-refractivity contribution in [1.82, 2.24) is 10.6 Å². The molecule has 0 fully saturated rings. The van der Waals surface area contributed by atoms with E-state index in [1.165, 1.54) is 14.0 Å².